The Kier molecular flexibility index (Phi) is 1.36. The standard InChI is InChI=1S/C5H10N/c1-4-5(2,3)6/h4H,1-2,6H2,3H3. The van der Waals surface area contributed by atoms with E-state index in [1.165, 1.54) is 0 Å². The van der Waals surface area contributed by atoms with Crippen LogP contribution in [0.2, 0.25) is 0 Å². The molecule has 0 aromatic rings. The van der Waals surface area contributed by atoms with Gasteiger partial charge in [0.15, 0.2) is 0 Å². The van der Waals surface area contributed by atoms with Crippen LogP contribution in [-0.4, -0.2) is 5.54 Å². The molecule has 1 unspecified atom stereocenters. The van der Waals surface area contributed by atoms with E-state index in [2.05, 4.69) is 13.5 Å². The van der Waals surface area contributed by atoms with Crippen molar-refractivity contribution in [3.8, 4) is 0 Å². The molecule has 0 bridgehead atoms. The highest BCUT2D eigenvalue weighted by atomic mass is 14.7. The van der Waals surface area contributed by atoms with Crippen molar-refractivity contribution < 1.29 is 0 Å². The molecular formula is C5H10N. The van der Waals surface area contributed by atoms with E-state index in [1.807, 2.05) is 0 Å². The summed E-state index contributed by atoms with van der Waals surface area (Å²) in [6, 6.07) is 0. The number of rotatable bonds is 1. The molecule has 0 aliphatic carbocycles. The Labute approximate surface area is 38.8 Å². The van der Waals surface area contributed by atoms with Crippen LogP contribution in [0.5, 0.6) is 0 Å². The van der Waals surface area contributed by atoms with Crippen molar-refractivity contribution in [1.29, 1.82) is 0 Å². The smallest absolute Gasteiger partial charge is 0.0308 e. The van der Waals surface area contributed by atoms with Crippen LogP contribution < -0.4 is 5.73 Å². The molecule has 2 N–H and O–H groups in total. The van der Waals surface area contributed by atoms with E-state index in [1.54, 1.807) is 13.0 Å². The average Bonchev–Trinajstić information content (AvgIpc) is 1.35. The summed E-state index contributed by atoms with van der Waals surface area (Å²) in [7, 11) is 0. The highest BCUT2D eigenvalue weighted by molar-refractivity contribution is 4.98. The lowest BCUT2D eigenvalue weighted by Crippen LogP contribution is -2.28. The molecule has 0 rings (SSSR count). The largest absolute Gasteiger partial charge is 0.322 e. The fraction of sp³-hybridized carbons (Fsp3) is 0.400. The SMILES string of the molecule is [CH2]C(C)(N)C=C. The van der Waals surface area contributed by atoms with Gasteiger partial charge in [0.05, 0.1) is 0 Å². The minimum Gasteiger partial charge on any atom is -0.322 e. The van der Waals surface area contributed by atoms with E-state index in [4.69, 9.17) is 5.73 Å². The zero-order valence-corrected chi connectivity index (χ0v) is 4.07. The molecule has 0 aliphatic heterocycles. The van der Waals surface area contributed by atoms with Crippen molar-refractivity contribution in [2.45, 2.75) is 12.5 Å². The summed E-state index contributed by atoms with van der Waals surface area (Å²) in [4.78, 5) is 0. The Balaban J connectivity index is 3.45. The Hall–Kier alpha value is -0.300. The molecule has 0 fully saturated rings. The lowest BCUT2D eigenvalue weighted by molar-refractivity contribution is 0.732. The third-order valence-electron chi connectivity index (χ3n) is 0.466. The summed E-state index contributed by atoms with van der Waals surface area (Å²) in [6.45, 7) is 8.78. The third kappa shape index (κ3) is 3.70. The maximum absolute atomic E-state index is 5.31. The first-order valence-electron chi connectivity index (χ1n) is 1.84. The first kappa shape index (κ1) is 5.70. The predicted molar refractivity (Wildman–Crippen MR) is 28.1 cm³/mol. The van der Waals surface area contributed by atoms with Crippen molar-refractivity contribution in [3.63, 3.8) is 0 Å². The average molecular weight is 84.1 g/mol. The number of hydrogen-bond donors (Lipinski definition) is 1. The van der Waals surface area contributed by atoms with E-state index >= 15 is 0 Å². The normalized spacial score (nSPS) is 11.2. The fourth-order valence-corrected chi connectivity index (χ4v) is 0. The van der Waals surface area contributed by atoms with E-state index < -0.39 is 5.54 Å². The van der Waals surface area contributed by atoms with E-state index in [0.717, 1.165) is 0 Å². The maximum atomic E-state index is 5.31. The van der Waals surface area contributed by atoms with Crippen LogP contribution in [0.3, 0.4) is 0 Å². The summed E-state index contributed by atoms with van der Waals surface area (Å²) in [5.74, 6) is 0. The Morgan fingerprint density at radius 3 is 2.00 bits per heavy atom. The van der Waals surface area contributed by atoms with Crippen molar-refractivity contribution in [2.24, 2.45) is 5.73 Å². The van der Waals surface area contributed by atoms with Crippen LogP contribution in [0.25, 0.3) is 0 Å². The molecule has 0 amide bonds. The minimum atomic E-state index is -0.444. The van der Waals surface area contributed by atoms with Crippen molar-refractivity contribution in [3.05, 3.63) is 19.6 Å². The van der Waals surface area contributed by atoms with Crippen LogP contribution >= 0.6 is 0 Å². The summed E-state index contributed by atoms with van der Waals surface area (Å²) in [5, 5.41) is 0. The molecule has 35 valence electrons. The van der Waals surface area contributed by atoms with Crippen molar-refractivity contribution in [1.82, 2.24) is 0 Å². The minimum absolute atomic E-state index is 0.444. The Bertz CT molecular complexity index is 49.4. The predicted octanol–water partition coefficient (Wildman–Crippen LogP) is 0.724. The van der Waals surface area contributed by atoms with Crippen LogP contribution in [0.4, 0.5) is 0 Å². The van der Waals surface area contributed by atoms with Gasteiger partial charge in [-0.25, -0.2) is 0 Å². The fourth-order valence-electron chi connectivity index (χ4n) is 0. The zero-order chi connectivity index (χ0) is 5.21. The third-order valence-corrected chi connectivity index (χ3v) is 0.466. The second kappa shape index (κ2) is 1.43. The molecule has 6 heavy (non-hydrogen) atoms. The molecule has 0 spiro atoms. The first-order chi connectivity index (χ1) is 2.56. The van der Waals surface area contributed by atoms with Crippen LogP contribution in [-0.2, 0) is 0 Å². The molecule has 0 aromatic heterocycles. The summed E-state index contributed by atoms with van der Waals surface area (Å²) >= 11 is 0. The second-order valence-corrected chi connectivity index (χ2v) is 1.71. The molecule has 0 saturated carbocycles. The van der Waals surface area contributed by atoms with E-state index in [-0.39, 0.29) is 0 Å². The van der Waals surface area contributed by atoms with Gasteiger partial charge in [0, 0.05) is 5.54 Å². The quantitative estimate of drug-likeness (QED) is 0.465. The second-order valence-electron chi connectivity index (χ2n) is 1.71. The van der Waals surface area contributed by atoms with E-state index in [0.29, 0.717) is 0 Å². The zero-order valence-electron chi connectivity index (χ0n) is 4.07. The van der Waals surface area contributed by atoms with Gasteiger partial charge in [0.25, 0.3) is 0 Å². The van der Waals surface area contributed by atoms with Crippen LogP contribution in [0, 0.1) is 6.92 Å². The molecule has 1 atom stereocenters. The summed E-state index contributed by atoms with van der Waals surface area (Å²) in [6.07, 6.45) is 1.60. The molecule has 0 heterocycles. The molecule has 1 nitrogen and oxygen atoms in total. The van der Waals surface area contributed by atoms with Crippen molar-refractivity contribution in [2.75, 3.05) is 0 Å². The lowest BCUT2D eigenvalue weighted by atomic mass is 10.1. The Morgan fingerprint density at radius 2 is 2.00 bits per heavy atom. The van der Waals surface area contributed by atoms with Gasteiger partial charge in [-0.2, -0.15) is 0 Å². The molecular weight excluding hydrogens is 74.1 g/mol. The van der Waals surface area contributed by atoms with Gasteiger partial charge in [0.2, 0.25) is 0 Å². The van der Waals surface area contributed by atoms with Crippen LogP contribution in [0.1, 0.15) is 6.92 Å². The monoisotopic (exact) mass is 84.1 g/mol. The van der Waals surface area contributed by atoms with Gasteiger partial charge in [-0.1, -0.05) is 6.08 Å². The summed E-state index contributed by atoms with van der Waals surface area (Å²) in [5.41, 5.74) is 4.86. The summed E-state index contributed by atoms with van der Waals surface area (Å²) < 4.78 is 0. The number of hydrogen-bond acceptors (Lipinski definition) is 1. The highest BCUT2D eigenvalue weighted by Crippen LogP contribution is 1.92. The Morgan fingerprint density at radius 1 is 1.83 bits per heavy atom. The molecule has 0 saturated heterocycles. The van der Waals surface area contributed by atoms with E-state index in [9.17, 15) is 0 Å². The van der Waals surface area contributed by atoms with Gasteiger partial charge in [-0.15, -0.1) is 6.58 Å². The number of nitrogens with two attached hydrogens (primary N) is 1. The molecule has 0 aromatic carbocycles. The van der Waals surface area contributed by atoms with Gasteiger partial charge in [0.1, 0.15) is 0 Å². The topological polar surface area (TPSA) is 26.0 Å². The van der Waals surface area contributed by atoms with Gasteiger partial charge < -0.3 is 5.73 Å². The van der Waals surface area contributed by atoms with Gasteiger partial charge >= 0.3 is 0 Å². The highest BCUT2D eigenvalue weighted by Gasteiger charge is 2.00. The molecule has 1 radical (unpaired) electrons. The van der Waals surface area contributed by atoms with Gasteiger partial charge in [-0.05, 0) is 13.8 Å². The molecule has 1 heteroatoms. The molecule has 0 aliphatic rings. The van der Waals surface area contributed by atoms with Crippen LogP contribution in [0.15, 0.2) is 12.7 Å². The lowest BCUT2D eigenvalue weighted by Gasteiger charge is -2.08. The van der Waals surface area contributed by atoms with Crippen molar-refractivity contribution >= 4 is 0 Å². The first-order valence-corrected chi connectivity index (χ1v) is 1.84. The van der Waals surface area contributed by atoms with Gasteiger partial charge in [-0.3, -0.25) is 0 Å². The maximum Gasteiger partial charge on any atom is 0.0308 e.